The molecule has 0 aliphatic carbocycles. The second-order valence-electron chi connectivity index (χ2n) is 9.01. The molecule has 194 valence electrons. The zero-order valence-corrected chi connectivity index (χ0v) is 22.3. The summed E-state index contributed by atoms with van der Waals surface area (Å²) in [6.45, 7) is 10.4. The molecule has 8 heteroatoms. The van der Waals surface area contributed by atoms with Crippen molar-refractivity contribution in [3.05, 3.63) is 112 Å². The number of sulfone groups is 1. The number of rotatable bonds is 6. The van der Waals surface area contributed by atoms with Crippen LogP contribution in [0.5, 0.6) is 11.5 Å². The fourth-order valence-electron chi connectivity index (χ4n) is 4.74. The number of fused-ring (bicyclic) bond motifs is 3. The zero-order chi connectivity index (χ0) is 27.6. The van der Waals surface area contributed by atoms with Crippen LogP contribution in [0, 0.1) is 17.9 Å². The molecule has 0 unspecified atom stereocenters. The lowest BCUT2D eigenvalue weighted by molar-refractivity contribution is 0.414. The molecule has 0 saturated heterocycles. The lowest BCUT2D eigenvalue weighted by Gasteiger charge is -2.17. The Bertz CT molecular complexity index is 1790. The number of methoxy groups -OCH3 is 1. The van der Waals surface area contributed by atoms with Crippen LogP contribution < -0.4 is 14.4 Å². The van der Waals surface area contributed by atoms with Crippen molar-refractivity contribution in [1.29, 1.82) is 5.26 Å². The summed E-state index contributed by atoms with van der Waals surface area (Å²) in [6, 6.07) is 18.6. The predicted octanol–water partition coefficient (Wildman–Crippen LogP) is 6.77. The molecule has 2 heterocycles. The lowest BCUT2D eigenvalue weighted by Crippen LogP contribution is -2.21. The van der Waals surface area contributed by atoms with Gasteiger partial charge in [0, 0.05) is 12.1 Å². The van der Waals surface area contributed by atoms with Crippen LogP contribution in [0.15, 0.2) is 100 Å². The number of ether oxygens (including phenoxy) is 2. The van der Waals surface area contributed by atoms with Crippen molar-refractivity contribution in [2.45, 2.75) is 24.7 Å². The van der Waals surface area contributed by atoms with Crippen molar-refractivity contribution >= 4 is 31.9 Å². The fraction of sp³-hybridized carbons (Fsp3) is 0.161. The quantitative estimate of drug-likeness (QED) is 0.256. The van der Waals surface area contributed by atoms with Crippen LogP contribution in [0.3, 0.4) is 0 Å². The van der Waals surface area contributed by atoms with E-state index in [2.05, 4.69) is 28.8 Å². The average molecular weight is 536 g/mol. The Morgan fingerprint density at radius 1 is 1.13 bits per heavy atom. The minimum atomic E-state index is -3.93. The van der Waals surface area contributed by atoms with Crippen molar-refractivity contribution in [2.24, 2.45) is 0 Å². The van der Waals surface area contributed by atoms with Crippen molar-refractivity contribution in [2.75, 3.05) is 18.6 Å². The minimum Gasteiger partial charge on any atom is -0.497 e. The highest BCUT2D eigenvalue weighted by molar-refractivity contribution is 7.96. The topological polar surface area (TPSA) is 84.0 Å². The summed E-state index contributed by atoms with van der Waals surface area (Å²) >= 11 is 0. The summed E-state index contributed by atoms with van der Waals surface area (Å²) in [5, 5.41) is 11.8. The number of nitriles is 1. The Morgan fingerprint density at radius 2 is 1.87 bits per heavy atom. The van der Waals surface area contributed by atoms with Gasteiger partial charge in [0.1, 0.15) is 5.75 Å². The standard InChI is InChI=1S/C31H25N3O4S/c1-4-5-16-34-26-17-21-10-6-7-11-22(21)18-27(26)38-30(34)13-9-8-12-29-31(25(20-32)33-2)24-19-23(37-3)14-15-28(24)39(29,35)36/h6-15,17-19H,4-5,16H2,1,3H3/b9-8+,29-12-,30-13-,31-25+. The first-order valence-electron chi connectivity index (χ1n) is 12.5. The minimum absolute atomic E-state index is 0.0417. The average Bonchev–Trinajstić information content (AvgIpc) is 3.39. The lowest BCUT2D eigenvalue weighted by atomic mass is 10.0. The molecule has 3 aromatic rings. The molecule has 3 aromatic carbocycles. The summed E-state index contributed by atoms with van der Waals surface area (Å²) in [7, 11) is -2.46. The number of nitrogens with zero attached hydrogens (tertiary/aromatic N) is 3. The van der Waals surface area contributed by atoms with Crippen molar-refractivity contribution in [3.8, 4) is 17.6 Å². The molecule has 0 spiro atoms. The number of benzene rings is 3. The molecule has 0 atom stereocenters. The van der Waals surface area contributed by atoms with E-state index in [1.807, 2.05) is 30.3 Å². The maximum Gasteiger partial charge on any atom is 0.270 e. The van der Waals surface area contributed by atoms with Gasteiger partial charge in [-0.25, -0.2) is 18.5 Å². The number of hydrogen-bond acceptors (Lipinski definition) is 6. The van der Waals surface area contributed by atoms with E-state index in [1.165, 1.54) is 25.3 Å². The zero-order valence-electron chi connectivity index (χ0n) is 21.5. The smallest absolute Gasteiger partial charge is 0.270 e. The van der Waals surface area contributed by atoms with E-state index in [9.17, 15) is 13.7 Å². The van der Waals surface area contributed by atoms with Gasteiger partial charge in [0.25, 0.3) is 5.70 Å². The van der Waals surface area contributed by atoms with Gasteiger partial charge in [-0.3, -0.25) is 0 Å². The maximum absolute atomic E-state index is 13.4. The van der Waals surface area contributed by atoms with Crippen molar-refractivity contribution in [1.82, 2.24) is 0 Å². The van der Waals surface area contributed by atoms with E-state index in [-0.39, 0.29) is 26.6 Å². The van der Waals surface area contributed by atoms with Gasteiger partial charge >= 0.3 is 0 Å². The molecule has 0 bridgehead atoms. The highest BCUT2D eigenvalue weighted by Gasteiger charge is 2.38. The summed E-state index contributed by atoms with van der Waals surface area (Å²) < 4.78 is 38.2. The predicted molar refractivity (Wildman–Crippen MR) is 151 cm³/mol. The van der Waals surface area contributed by atoms with Crippen molar-refractivity contribution < 1.29 is 17.9 Å². The van der Waals surface area contributed by atoms with E-state index in [0.717, 1.165) is 41.6 Å². The summed E-state index contributed by atoms with van der Waals surface area (Å²) in [6.07, 6.45) is 8.50. The Kier molecular flexibility index (Phi) is 6.98. The number of anilines is 1. The molecule has 7 nitrogen and oxygen atoms in total. The molecule has 0 N–H and O–H groups in total. The highest BCUT2D eigenvalue weighted by atomic mass is 32.2. The molecular weight excluding hydrogens is 510 g/mol. The Hall–Kier alpha value is -4.79. The first kappa shape index (κ1) is 25.8. The highest BCUT2D eigenvalue weighted by Crippen LogP contribution is 2.46. The van der Waals surface area contributed by atoms with Gasteiger partial charge in [-0.2, -0.15) is 0 Å². The van der Waals surface area contributed by atoms with Crippen LogP contribution in [0.4, 0.5) is 5.69 Å². The van der Waals surface area contributed by atoms with Crippen LogP contribution in [0.25, 0.3) is 21.2 Å². The summed E-state index contributed by atoms with van der Waals surface area (Å²) in [5.41, 5.74) is 1.06. The first-order chi connectivity index (χ1) is 18.9. The maximum atomic E-state index is 13.4. The van der Waals surface area contributed by atoms with Crippen molar-refractivity contribution in [3.63, 3.8) is 0 Å². The van der Waals surface area contributed by atoms with E-state index < -0.39 is 9.84 Å². The van der Waals surface area contributed by atoms with Crippen LogP contribution >= 0.6 is 0 Å². The number of unbranched alkanes of at least 4 members (excludes halogenated alkanes) is 1. The molecule has 2 aliphatic heterocycles. The van der Waals surface area contributed by atoms with Gasteiger partial charge in [-0.1, -0.05) is 49.8 Å². The fourth-order valence-corrected chi connectivity index (χ4v) is 6.41. The third-order valence-corrected chi connectivity index (χ3v) is 8.52. The van der Waals surface area contributed by atoms with Gasteiger partial charge in [0.2, 0.25) is 15.7 Å². The molecule has 0 saturated carbocycles. The van der Waals surface area contributed by atoms with Gasteiger partial charge in [0.05, 0.1) is 35.2 Å². The van der Waals surface area contributed by atoms with Gasteiger partial charge in [-0.05, 0) is 65.2 Å². The Labute approximate surface area is 227 Å². The van der Waals surface area contributed by atoms with E-state index >= 15 is 0 Å². The Morgan fingerprint density at radius 3 is 2.56 bits per heavy atom. The third kappa shape index (κ3) is 4.56. The summed E-state index contributed by atoms with van der Waals surface area (Å²) in [5.74, 6) is 1.84. The molecule has 0 aromatic heterocycles. The SMILES string of the molecule is [C-]#[N+]/C(C#N)=C1/C(=C/C=C/C=C2\Oc3cc4ccccc4cc3N2CCCC)S(=O)(=O)c2ccc(OC)cc21. The number of allylic oxidation sites excluding steroid dienone is 6. The van der Waals surface area contributed by atoms with Gasteiger partial charge in [-0.15, -0.1) is 0 Å². The van der Waals surface area contributed by atoms with Crippen LogP contribution in [-0.4, -0.2) is 22.1 Å². The molecular formula is C31H25N3O4S. The van der Waals surface area contributed by atoms with Gasteiger partial charge < -0.3 is 14.4 Å². The first-order valence-corrected chi connectivity index (χ1v) is 13.9. The monoisotopic (exact) mass is 535 g/mol. The largest absolute Gasteiger partial charge is 0.497 e. The molecule has 5 rings (SSSR count). The van der Waals surface area contributed by atoms with E-state index in [0.29, 0.717) is 11.6 Å². The number of hydrogen-bond donors (Lipinski definition) is 0. The Balaban J connectivity index is 1.53. The normalized spacial score (nSPS) is 18.6. The third-order valence-electron chi connectivity index (χ3n) is 6.67. The second-order valence-corrected chi connectivity index (χ2v) is 10.9. The molecule has 0 radical (unpaired) electrons. The molecule has 0 fully saturated rings. The van der Waals surface area contributed by atoms with E-state index in [4.69, 9.17) is 16.0 Å². The summed E-state index contributed by atoms with van der Waals surface area (Å²) in [4.78, 5) is 5.36. The van der Waals surface area contributed by atoms with Crippen LogP contribution in [-0.2, 0) is 9.84 Å². The molecule has 0 amide bonds. The molecule has 2 aliphatic rings. The van der Waals surface area contributed by atoms with Crippen LogP contribution in [0.1, 0.15) is 25.3 Å². The molecule has 39 heavy (non-hydrogen) atoms. The van der Waals surface area contributed by atoms with Crippen LogP contribution in [0.2, 0.25) is 0 Å². The van der Waals surface area contributed by atoms with Gasteiger partial charge in [0.15, 0.2) is 5.75 Å². The second kappa shape index (κ2) is 10.5. The van der Waals surface area contributed by atoms with E-state index in [1.54, 1.807) is 24.3 Å².